The molecule has 1 aromatic carbocycles. The fourth-order valence-electron chi connectivity index (χ4n) is 3.16. The molecule has 2 N–H and O–H groups in total. The summed E-state index contributed by atoms with van der Waals surface area (Å²) in [7, 11) is 0. The van der Waals surface area contributed by atoms with Crippen LogP contribution >= 0.6 is 15.9 Å². The largest absolute Gasteiger partial charge is 0.493 e. The summed E-state index contributed by atoms with van der Waals surface area (Å²) in [5, 5.41) is 0. The molecule has 3 nitrogen and oxygen atoms in total. The lowest BCUT2D eigenvalue weighted by Gasteiger charge is -2.22. The number of fused-ring (bicyclic) bond motifs is 1. The number of nitrogens with two attached hydrogens (primary N) is 1. The van der Waals surface area contributed by atoms with E-state index in [1.54, 1.807) is 0 Å². The van der Waals surface area contributed by atoms with Gasteiger partial charge in [-0.25, -0.2) is 0 Å². The molecule has 1 fully saturated rings. The van der Waals surface area contributed by atoms with E-state index in [1.165, 1.54) is 24.8 Å². The third-order valence-corrected chi connectivity index (χ3v) is 4.74. The summed E-state index contributed by atoms with van der Waals surface area (Å²) >= 11 is 3.57. The van der Waals surface area contributed by atoms with Crippen molar-refractivity contribution in [1.82, 2.24) is 0 Å². The number of hydrogen-bond donors (Lipinski definition) is 1. The monoisotopic (exact) mass is 339 g/mol. The van der Waals surface area contributed by atoms with E-state index in [-0.39, 0.29) is 12.1 Å². The lowest BCUT2D eigenvalue weighted by atomic mass is 10.1. The van der Waals surface area contributed by atoms with E-state index in [0.717, 1.165) is 41.7 Å². The molecule has 0 radical (unpaired) electrons. The lowest BCUT2D eigenvalue weighted by Crippen LogP contribution is -2.35. The van der Waals surface area contributed by atoms with Crippen LogP contribution < -0.4 is 10.5 Å². The van der Waals surface area contributed by atoms with Gasteiger partial charge in [0.25, 0.3) is 0 Å². The van der Waals surface area contributed by atoms with Crippen molar-refractivity contribution in [3.05, 3.63) is 27.7 Å². The van der Waals surface area contributed by atoms with Gasteiger partial charge in [-0.2, -0.15) is 0 Å². The third-order valence-electron chi connectivity index (χ3n) is 4.28. The second-order valence-electron chi connectivity index (χ2n) is 5.80. The summed E-state index contributed by atoms with van der Waals surface area (Å²) in [4.78, 5) is 0. The smallest absolute Gasteiger partial charge is 0.128 e. The van der Waals surface area contributed by atoms with Crippen molar-refractivity contribution in [3.8, 4) is 5.75 Å². The molecule has 0 bridgehead atoms. The van der Waals surface area contributed by atoms with Crippen LogP contribution in [0.5, 0.6) is 5.75 Å². The molecule has 0 spiro atoms. The minimum atomic E-state index is 0.179. The average molecular weight is 340 g/mol. The Morgan fingerprint density at radius 1 is 1.25 bits per heavy atom. The number of halogens is 1. The second-order valence-corrected chi connectivity index (χ2v) is 6.72. The first-order chi connectivity index (χ1) is 9.74. The van der Waals surface area contributed by atoms with Crippen LogP contribution in [0, 0.1) is 0 Å². The van der Waals surface area contributed by atoms with Crippen molar-refractivity contribution in [3.63, 3.8) is 0 Å². The maximum Gasteiger partial charge on any atom is 0.128 e. The van der Waals surface area contributed by atoms with E-state index in [4.69, 9.17) is 15.2 Å². The van der Waals surface area contributed by atoms with E-state index in [0.29, 0.717) is 6.61 Å². The molecule has 1 heterocycles. The Kier molecular flexibility index (Phi) is 4.64. The summed E-state index contributed by atoms with van der Waals surface area (Å²) in [6, 6.07) is 4.42. The minimum Gasteiger partial charge on any atom is -0.493 e. The Labute approximate surface area is 129 Å². The molecule has 2 atom stereocenters. The lowest BCUT2D eigenvalue weighted by molar-refractivity contribution is 0.0185. The first-order valence-corrected chi connectivity index (χ1v) is 8.34. The van der Waals surface area contributed by atoms with Crippen molar-refractivity contribution < 1.29 is 9.47 Å². The minimum absolute atomic E-state index is 0.179. The molecule has 1 saturated carbocycles. The predicted molar refractivity (Wildman–Crippen MR) is 83.0 cm³/mol. The van der Waals surface area contributed by atoms with Gasteiger partial charge in [-0.1, -0.05) is 35.2 Å². The highest BCUT2D eigenvalue weighted by molar-refractivity contribution is 9.10. The maximum atomic E-state index is 6.22. The maximum absolute atomic E-state index is 6.22. The van der Waals surface area contributed by atoms with E-state index >= 15 is 0 Å². The molecule has 0 aromatic heterocycles. The zero-order valence-electron chi connectivity index (χ0n) is 11.7. The van der Waals surface area contributed by atoms with Crippen LogP contribution in [0.3, 0.4) is 0 Å². The fraction of sp³-hybridized carbons (Fsp3) is 0.625. The first-order valence-electron chi connectivity index (χ1n) is 7.55. The van der Waals surface area contributed by atoms with Crippen LogP contribution in [0.1, 0.15) is 43.2 Å². The summed E-state index contributed by atoms with van der Waals surface area (Å²) in [5.74, 6) is 1.02. The van der Waals surface area contributed by atoms with Gasteiger partial charge in [-0.05, 0) is 30.5 Å². The van der Waals surface area contributed by atoms with Crippen molar-refractivity contribution in [2.45, 2.75) is 57.3 Å². The molecule has 110 valence electrons. The zero-order valence-corrected chi connectivity index (χ0v) is 13.3. The van der Waals surface area contributed by atoms with Crippen LogP contribution in [0.15, 0.2) is 16.6 Å². The molecule has 0 saturated heterocycles. The quantitative estimate of drug-likeness (QED) is 0.856. The molecule has 2 aliphatic rings. The van der Waals surface area contributed by atoms with Gasteiger partial charge in [0, 0.05) is 22.5 Å². The average Bonchev–Trinajstić information content (AvgIpc) is 2.79. The van der Waals surface area contributed by atoms with Gasteiger partial charge in [0.15, 0.2) is 0 Å². The highest BCUT2D eigenvalue weighted by Gasteiger charge is 2.23. The van der Waals surface area contributed by atoms with Crippen LogP contribution in [0.25, 0.3) is 0 Å². The summed E-state index contributed by atoms with van der Waals surface area (Å²) in [6.07, 6.45) is 7.08. The first kappa shape index (κ1) is 14.4. The summed E-state index contributed by atoms with van der Waals surface area (Å²) < 4.78 is 13.0. The van der Waals surface area contributed by atoms with E-state index in [1.807, 2.05) is 0 Å². The van der Waals surface area contributed by atoms with E-state index in [2.05, 4.69) is 28.1 Å². The molecule has 1 aromatic rings. The highest BCUT2D eigenvalue weighted by atomic mass is 79.9. The predicted octanol–water partition coefficient (Wildman–Crippen LogP) is 3.56. The van der Waals surface area contributed by atoms with Crippen LogP contribution in [-0.2, 0) is 17.8 Å². The van der Waals surface area contributed by atoms with Crippen LogP contribution in [-0.4, -0.2) is 18.8 Å². The third kappa shape index (κ3) is 3.18. The summed E-state index contributed by atoms with van der Waals surface area (Å²) in [6.45, 7) is 1.38. The van der Waals surface area contributed by atoms with Crippen LogP contribution in [0.4, 0.5) is 0 Å². The van der Waals surface area contributed by atoms with Gasteiger partial charge in [0.05, 0.1) is 19.3 Å². The number of rotatable bonds is 3. The number of benzene rings is 1. The molecular weight excluding hydrogens is 318 g/mol. The molecule has 0 amide bonds. The Balaban J connectivity index is 1.69. The summed E-state index contributed by atoms with van der Waals surface area (Å²) in [5.41, 5.74) is 8.64. The van der Waals surface area contributed by atoms with Crippen molar-refractivity contribution in [2.24, 2.45) is 5.73 Å². The van der Waals surface area contributed by atoms with Crippen molar-refractivity contribution >= 4 is 15.9 Å². The van der Waals surface area contributed by atoms with Crippen LogP contribution in [0.2, 0.25) is 0 Å². The number of ether oxygens (including phenoxy) is 2. The van der Waals surface area contributed by atoms with Gasteiger partial charge in [-0.3, -0.25) is 0 Å². The van der Waals surface area contributed by atoms with E-state index < -0.39 is 0 Å². The molecule has 2 unspecified atom stereocenters. The second kappa shape index (κ2) is 6.46. The van der Waals surface area contributed by atoms with Gasteiger partial charge < -0.3 is 15.2 Å². The topological polar surface area (TPSA) is 44.5 Å². The Hall–Kier alpha value is -0.580. The fourth-order valence-corrected chi connectivity index (χ4v) is 3.71. The zero-order chi connectivity index (χ0) is 13.9. The molecule has 3 rings (SSSR count). The van der Waals surface area contributed by atoms with Gasteiger partial charge >= 0.3 is 0 Å². The SMILES string of the molecule is NC1CCCCCC1OCc1cc(Br)cc2c1OCC2. The normalized spacial score (nSPS) is 25.9. The molecule has 4 heteroatoms. The van der Waals surface area contributed by atoms with Gasteiger partial charge in [-0.15, -0.1) is 0 Å². The molecular formula is C16H22BrNO2. The Bertz CT molecular complexity index is 478. The molecule has 20 heavy (non-hydrogen) atoms. The van der Waals surface area contributed by atoms with E-state index in [9.17, 15) is 0 Å². The Morgan fingerprint density at radius 3 is 3.00 bits per heavy atom. The van der Waals surface area contributed by atoms with Gasteiger partial charge in [0.2, 0.25) is 0 Å². The van der Waals surface area contributed by atoms with Crippen molar-refractivity contribution in [1.29, 1.82) is 0 Å². The molecule has 1 aliphatic heterocycles. The highest BCUT2D eigenvalue weighted by Crippen LogP contribution is 2.34. The molecule has 1 aliphatic carbocycles. The Morgan fingerprint density at radius 2 is 2.10 bits per heavy atom. The van der Waals surface area contributed by atoms with Crippen molar-refractivity contribution in [2.75, 3.05) is 6.61 Å². The number of hydrogen-bond acceptors (Lipinski definition) is 3. The standard InChI is InChI=1S/C16H22BrNO2/c17-13-8-11-6-7-19-16(11)12(9-13)10-20-15-5-3-1-2-4-14(15)18/h8-9,14-15H,1-7,10,18H2. The van der Waals surface area contributed by atoms with Gasteiger partial charge in [0.1, 0.15) is 5.75 Å².